The molecule has 4 heteroatoms. The van der Waals surface area contributed by atoms with Gasteiger partial charge in [0.15, 0.2) is 17.8 Å². The number of carbonyl (C=O) groups is 1. The summed E-state index contributed by atoms with van der Waals surface area (Å²) in [5.41, 5.74) is 0.475. The highest BCUT2D eigenvalue weighted by atomic mass is 79.9. The van der Waals surface area contributed by atoms with E-state index < -0.39 is 0 Å². The molecule has 0 atom stereocenters. The van der Waals surface area contributed by atoms with Crippen molar-refractivity contribution in [3.8, 4) is 11.5 Å². The highest BCUT2D eigenvalue weighted by Gasteiger charge is 2.14. The molecule has 1 aromatic carbocycles. The quantitative estimate of drug-likeness (QED) is 0.791. The first kappa shape index (κ1) is 12.0. The Bertz CT molecular complexity index is 361. The van der Waals surface area contributed by atoms with Gasteiger partial charge in [0.2, 0.25) is 0 Å². The minimum Gasteiger partial charge on any atom is -0.493 e. The summed E-state index contributed by atoms with van der Waals surface area (Å²) in [5, 5.41) is 0. The summed E-state index contributed by atoms with van der Waals surface area (Å²) >= 11 is 3.29. The second-order valence-corrected chi connectivity index (χ2v) is 4.13. The molecule has 1 aromatic rings. The Kier molecular flexibility index (Phi) is 4.15. The van der Waals surface area contributed by atoms with Crippen molar-refractivity contribution in [2.24, 2.45) is 0 Å². The van der Waals surface area contributed by atoms with Crippen LogP contribution in [0.15, 0.2) is 16.6 Å². The van der Waals surface area contributed by atoms with Crippen LogP contribution in [0, 0.1) is 0 Å². The molecule has 3 nitrogen and oxygen atoms in total. The van der Waals surface area contributed by atoms with Crippen molar-refractivity contribution >= 4 is 22.2 Å². The standard InChI is InChI=1S/C11H13BrO3/c1-7(2)15-11-8(6-13)9(12)4-5-10(11)14-3/h4-7H,1-3H3. The van der Waals surface area contributed by atoms with E-state index >= 15 is 0 Å². The van der Waals surface area contributed by atoms with E-state index in [1.807, 2.05) is 13.8 Å². The van der Waals surface area contributed by atoms with Crippen LogP contribution >= 0.6 is 15.9 Å². The van der Waals surface area contributed by atoms with Crippen LogP contribution in [0.3, 0.4) is 0 Å². The maximum atomic E-state index is 10.9. The van der Waals surface area contributed by atoms with Crippen LogP contribution in [0.1, 0.15) is 24.2 Å². The lowest BCUT2D eigenvalue weighted by Gasteiger charge is -2.15. The summed E-state index contributed by atoms with van der Waals surface area (Å²) in [7, 11) is 1.55. The Hall–Kier alpha value is -1.03. The third kappa shape index (κ3) is 2.72. The third-order valence-electron chi connectivity index (χ3n) is 1.80. The summed E-state index contributed by atoms with van der Waals surface area (Å²) in [6, 6.07) is 3.52. The van der Waals surface area contributed by atoms with Crippen LogP contribution in [-0.4, -0.2) is 19.5 Å². The summed E-state index contributed by atoms with van der Waals surface area (Å²) < 4.78 is 11.4. The zero-order valence-corrected chi connectivity index (χ0v) is 10.5. The molecule has 0 aliphatic rings. The maximum absolute atomic E-state index is 10.9. The predicted octanol–water partition coefficient (Wildman–Crippen LogP) is 3.06. The van der Waals surface area contributed by atoms with E-state index in [4.69, 9.17) is 9.47 Å². The average Bonchev–Trinajstić information content (AvgIpc) is 2.18. The minimum atomic E-state index is -0.00750. The van der Waals surface area contributed by atoms with Gasteiger partial charge in [-0.3, -0.25) is 4.79 Å². The molecule has 82 valence electrons. The number of aldehydes is 1. The van der Waals surface area contributed by atoms with E-state index in [0.717, 1.165) is 6.29 Å². The van der Waals surface area contributed by atoms with Gasteiger partial charge in [-0.1, -0.05) is 0 Å². The molecule has 0 bridgehead atoms. The number of ether oxygens (including phenoxy) is 2. The number of carbonyl (C=O) groups excluding carboxylic acids is 1. The minimum absolute atomic E-state index is 0.00750. The zero-order valence-electron chi connectivity index (χ0n) is 8.91. The Balaban J connectivity index is 3.27. The molecule has 0 aliphatic heterocycles. The SMILES string of the molecule is COc1ccc(Br)c(C=O)c1OC(C)C. The number of hydrogen-bond donors (Lipinski definition) is 0. The molecule has 0 amide bonds. The van der Waals surface area contributed by atoms with Gasteiger partial charge in [0.25, 0.3) is 0 Å². The third-order valence-corrected chi connectivity index (χ3v) is 2.49. The van der Waals surface area contributed by atoms with Crippen LogP contribution in [0.2, 0.25) is 0 Å². The number of hydrogen-bond acceptors (Lipinski definition) is 3. The average molecular weight is 273 g/mol. The van der Waals surface area contributed by atoms with Crippen LogP contribution in [-0.2, 0) is 0 Å². The topological polar surface area (TPSA) is 35.5 Å². The lowest BCUT2D eigenvalue weighted by atomic mass is 10.2. The van der Waals surface area contributed by atoms with Crippen LogP contribution in [0.25, 0.3) is 0 Å². The van der Waals surface area contributed by atoms with Gasteiger partial charge in [0, 0.05) is 4.47 Å². The molecule has 0 saturated heterocycles. The summed E-state index contributed by atoms with van der Waals surface area (Å²) in [6.45, 7) is 3.80. The Morgan fingerprint density at radius 3 is 2.53 bits per heavy atom. The fourth-order valence-corrected chi connectivity index (χ4v) is 1.59. The van der Waals surface area contributed by atoms with E-state index in [9.17, 15) is 4.79 Å². The van der Waals surface area contributed by atoms with Gasteiger partial charge >= 0.3 is 0 Å². The lowest BCUT2D eigenvalue weighted by molar-refractivity contribution is 0.111. The number of halogens is 1. The predicted molar refractivity (Wildman–Crippen MR) is 61.8 cm³/mol. The fourth-order valence-electron chi connectivity index (χ4n) is 1.18. The first-order valence-corrected chi connectivity index (χ1v) is 5.37. The van der Waals surface area contributed by atoms with Crippen molar-refractivity contribution < 1.29 is 14.3 Å². The summed E-state index contributed by atoms with van der Waals surface area (Å²) in [6.07, 6.45) is 0.747. The Morgan fingerprint density at radius 1 is 1.40 bits per heavy atom. The zero-order chi connectivity index (χ0) is 11.4. The molecule has 0 unspecified atom stereocenters. The molecule has 15 heavy (non-hydrogen) atoms. The van der Waals surface area contributed by atoms with Gasteiger partial charge in [-0.25, -0.2) is 0 Å². The molecular weight excluding hydrogens is 260 g/mol. The van der Waals surface area contributed by atoms with E-state index in [1.165, 1.54) is 0 Å². The Morgan fingerprint density at radius 2 is 2.07 bits per heavy atom. The van der Waals surface area contributed by atoms with Crippen molar-refractivity contribution in [1.29, 1.82) is 0 Å². The van der Waals surface area contributed by atoms with Gasteiger partial charge in [-0.2, -0.15) is 0 Å². The number of methoxy groups -OCH3 is 1. The van der Waals surface area contributed by atoms with Crippen molar-refractivity contribution in [3.63, 3.8) is 0 Å². The van der Waals surface area contributed by atoms with Crippen LogP contribution in [0.4, 0.5) is 0 Å². The molecule has 0 heterocycles. The molecule has 0 aliphatic carbocycles. The van der Waals surface area contributed by atoms with E-state index in [1.54, 1.807) is 19.2 Å². The number of benzene rings is 1. The molecule has 0 radical (unpaired) electrons. The monoisotopic (exact) mass is 272 g/mol. The van der Waals surface area contributed by atoms with Crippen molar-refractivity contribution in [2.45, 2.75) is 20.0 Å². The fraction of sp³-hybridized carbons (Fsp3) is 0.364. The van der Waals surface area contributed by atoms with Gasteiger partial charge in [0.05, 0.1) is 18.8 Å². The largest absolute Gasteiger partial charge is 0.493 e. The normalized spacial score (nSPS) is 10.2. The number of rotatable bonds is 4. The second kappa shape index (κ2) is 5.16. The summed E-state index contributed by atoms with van der Waals surface area (Å²) in [5.74, 6) is 1.05. The highest BCUT2D eigenvalue weighted by molar-refractivity contribution is 9.10. The van der Waals surface area contributed by atoms with Crippen LogP contribution < -0.4 is 9.47 Å². The van der Waals surface area contributed by atoms with E-state index in [0.29, 0.717) is 21.5 Å². The van der Waals surface area contributed by atoms with Gasteiger partial charge < -0.3 is 9.47 Å². The van der Waals surface area contributed by atoms with E-state index in [2.05, 4.69) is 15.9 Å². The molecule has 0 saturated carbocycles. The van der Waals surface area contributed by atoms with Gasteiger partial charge in [-0.05, 0) is 41.9 Å². The molecule has 0 N–H and O–H groups in total. The molecular formula is C11H13BrO3. The van der Waals surface area contributed by atoms with Crippen LogP contribution in [0.5, 0.6) is 11.5 Å². The van der Waals surface area contributed by atoms with Crippen molar-refractivity contribution in [3.05, 3.63) is 22.2 Å². The first-order valence-electron chi connectivity index (χ1n) is 4.58. The first-order chi connectivity index (χ1) is 7.10. The van der Waals surface area contributed by atoms with Gasteiger partial charge in [0.1, 0.15) is 0 Å². The molecule has 0 spiro atoms. The maximum Gasteiger partial charge on any atom is 0.173 e. The van der Waals surface area contributed by atoms with E-state index in [-0.39, 0.29) is 6.10 Å². The lowest BCUT2D eigenvalue weighted by Crippen LogP contribution is -2.09. The summed E-state index contributed by atoms with van der Waals surface area (Å²) in [4.78, 5) is 10.9. The molecule has 1 rings (SSSR count). The van der Waals surface area contributed by atoms with Gasteiger partial charge in [-0.15, -0.1) is 0 Å². The Labute approximate surface area is 97.5 Å². The second-order valence-electron chi connectivity index (χ2n) is 3.28. The smallest absolute Gasteiger partial charge is 0.173 e. The highest BCUT2D eigenvalue weighted by Crippen LogP contribution is 2.35. The molecule has 0 aromatic heterocycles. The van der Waals surface area contributed by atoms with Crippen molar-refractivity contribution in [1.82, 2.24) is 0 Å². The van der Waals surface area contributed by atoms with Crippen molar-refractivity contribution in [2.75, 3.05) is 7.11 Å². The molecule has 0 fully saturated rings.